The minimum atomic E-state index is -0.365. The molecule has 122 valence electrons. The molecule has 0 aliphatic heterocycles. The number of rotatable bonds is 4. The van der Waals surface area contributed by atoms with E-state index in [1.807, 2.05) is 36.4 Å². The molecule has 3 aromatic rings. The van der Waals surface area contributed by atoms with Gasteiger partial charge in [-0.25, -0.2) is 10.8 Å². The maximum Gasteiger partial charge on any atom is 0.265 e. The van der Waals surface area contributed by atoms with Gasteiger partial charge in [-0.3, -0.25) is 10.2 Å². The van der Waals surface area contributed by atoms with E-state index in [1.54, 1.807) is 26.4 Å². The molecule has 6 nitrogen and oxygen atoms in total. The average molecular weight is 323 g/mol. The van der Waals surface area contributed by atoms with Gasteiger partial charge >= 0.3 is 0 Å². The fourth-order valence-corrected chi connectivity index (χ4v) is 2.58. The summed E-state index contributed by atoms with van der Waals surface area (Å²) in [5.41, 5.74) is 4.81. The van der Waals surface area contributed by atoms with E-state index in [1.165, 1.54) is 0 Å². The third-order valence-corrected chi connectivity index (χ3v) is 3.77. The van der Waals surface area contributed by atoms with Crippen molar-refractivity contribution in [3.8, 4) is 22.8 Å². The standard InChI is InChI=1S/C18H17N3O3/c1-23-16-8-7-11(9-17(16)24-2)15-10-13(18(22)21-19)12-5-3-4-6-14(12)20-15/h3-10H,19H2,1-2H3,(H,21,22). The normalized spacial score (nSPS) is 10.5. The Labute approximate surface area is 139 Å². The van der Waals surface area contributed by atoms with Crippen LogP contribution in [-0.4, -0.2) is 25.1 Å². The number of carbonyl (C=O) groups excluding carboxylic acids is 1. The van der Waals surface area contributed by atoms with Crippen molar-refractivity contribution in [2.45, 2.75) is 0 Å². The number of carbonyl (C=O) groups is 1. The number of ether oxygens (including phenoxy) is 2. The van der Waals surface area contributed by atoms with Crippen LogP contribution in [0, 0.1) is 0 Å². The first kappa shape index (κ1) is 15.8. The van der Waals surface area contributed by atoms with Crippen molar-refractivity contribution in [1.82, 2.24) is 10.4 Å². The van der Waals surface area contributed by atoms with Crippen LogP contribution in [0.5, 0.6) is 11.5 Å². The predicted molar refractivity (Wildman–Crippen MR) is 91.9 cm³/mol. The molecule has 24 heavy (non-hydrogen) atoms. The minimum absolute atomic E-state index is 0.365. The Morgan fingerprint density at radius 1 is 1.04 bits per heavy atom. The third-order valence-electron chi connectivity index (χ3n) is 3.77. The van der Waals surface area contributed by atoms with Gasteiger partial charge < -0.3 is 9.47 Å². The molecule has 3 N–H and O–H groups in total. The highest BCUT2D eigenvalue weighted by molar-refractivity contribution is 6.07. The Balaban J connectivity index is 2.21. The quantitative estimate of drug-likeness (QED) is 0.438. The first-order valence-corrected chi connectivity index (χ1v) is 7.31. The topological polar surface area (TPSA) is 86.5 Å². The molecular formula is C18H17N3O3. The lowest BCUT2D eigenvalue weighted by molar-refractivity contribution is 0.0955. The molecule has 0 atom stereocenters. The summed E-state index contributed by atoms with van der Waals surface area (Å²) in [7, 11) is 3.15. The van der Waals surface area contributed by atoms with Gasteiger partial charge in [0.05, 0.1) is 31.0 Å². The number of nitrogens with two attached hydrogens (primary N) is 1. The summed E-state index contributed by atoms with van der Waals surface area (Å²) < 4.78 is 10.6. The van der Waals surface area contributed by atoms with Gasteiger partial charge in [-0.1, -0.05) is 18.2 Å². The Hall–Kier alpha value is -3.12. The number of aromatic nitrogens is 1. The molecule has 0 saturated heterocycles. The van der Waals surface area contributed by atoms with Gasteiger partial charge in [0.15, 0.2) is 11.5 Å². The fourth-order valence-electron chi connectivity index (χ4n) is 2.58. The number of hydrogen-bond donors (Lipinski definition) is 2. The molecule has 0 spiro atoms. The summed E-state index contributed by atoms with van der Waals surface area (Å²) in [4.78, 5) is 16.8. The predicted octanol–water partition coefficient (Wildman–Crippen LogP) is 2.52. The van der Waals surface area contributed by atoms with Gasteiger partial charge in [0.25, 0.3) is 5.91 Å². The van der Waals surface area contributed by atoms with E-state index in [9.17, 15) is 4.79 Å². The maximum atomic E-state index is 12.1. The average Bonchev–Trinajstić information content (AvgIpc) is 2.65. The second-order valence-corrected chi connectivity index (χ2v) is 5.12. The van der Waals surface area contributed by atoms with Crippen LogP contribution in [0.1, 0.15) is 10.4 Å². The number of fused-ring (bicyclic) bond motifs is 1. The Morgan fingerprint density at radius 2 is 1.79 bits per heavy atom. The van der Waals surface area contributed by atoms with Crippen molar-refractivity contribution in [2.24, 2.45) is 5.84 Å². The number of nitrogen functional groups attached to an aromatic ring is 1. The van der Waals surface area contributed by atoms with Gasteiger partial charge in [0, 0.05) is 10.9 Å². The molecule has 1 heterocycles. The first-order valence-electron chi connectivity index (χ1n) is 7.31. The van der Waals surface area contributed by atoms with Crippen molar-refractivity contribution >= 4 is 16.8 Å². The molecule has 3 rings (SSSR count). The summed E-state index contributed by atoms with van der Waals surface area (Å²) in [5, 5.41) is 0.740. The maximum absolute atomic E-state index is 12.1. The van der Waals surface area contributed by atoms with Crippen LogP contribution in [-0.2, 0) is 0 Å². The monoisotopic (exact) mass is 323 g/mol. The van der Waals surface area contributed by atoms with Crippen LogP contribution in [0.2, 0.25) is 0 Å². The molecule has 6 heteroatoms. The SMILES string of the molecule is COc1ccc(-c2cc(C(=O)NN)c3ccccc3n2)cc1OC. The Morgan fingerprint density at radius 3 is 2.50 bits per heavy atom. The van der Waals surface area contributed by atoms with E-state index in [4.69, 9.17) is 15.3 Å². The van der Waals surface area contributed by atoms with Crippen LogP contribution in [0.4, 0.5) is 0 Å². The van der Waals surface area contributed by atoms with Crippen molar-refractivity contribution in [3.63, 3.8) is 0 Å². The highest BCUT2D eigenvalue weighted by Gasteiger charge is 2.14. The summed E-state index contributed by atoms with van der Waals surface area (Å²) in [6, 6.07) is 14.6. The van der Waals surface area contributed by atoms with Crippen LogP contribution in [0.3, 0.4) is 0 Å². The van der Waals surface area contributed by atoms with E-state index in [0.29, 0.717) is 28.3 Å². The van der Waals surface area contributed by atoms with E-state index in [0.717, 1.165) is 10.9 Å². The summed E-state index contributed by atoms with van der Waals surface area (Å²) in [6.45, 7) is 0. The van der Waals surface area contributed by atoms with Crippen LogP contribution < -0.4 is 20.7 Å². The number of hydrogen-bond acceptors (Lipinski definition) is 5. The zero-order valence-electron chi connectivity index (χ0n) is 13.4. The van der Waals surface area contributed by atoms with Gasteiger partial charge in [0.1, 0.15) is 0 Å². The molecule has 0 aliphatic rings. The second kappa shape index (κ2) is 6.55. The van der Waals surface area contributed by atoms with E-state index in [-0.39, 0.29) is 5.91 Å². The Kier molecular flexibility index (Phi) is 4.31. The number of nitrogens with one attached hydrogen (secondary N) is 1. The summed E-state index contributed by atoms with van der Waals surface area (Å²) >= 11 is 0. The smallest absolute Gasteiger partial charge is 0.265 e. The molecule has 0 aliphatic carbocycles. The lowest BCUT2D eigenvalue weighted by Gasteiger charge is -2.11. The van der Waals surface area contributed by atoms with Gasteiger partial charge in [0.2, 0.25) is 0 Å². The summed E-state index contributed by atoms with van der Waals surface area (Å²) in [5.74, 6) is 6.16. The van der Waals surface area contributed by atoms with E-state index in [2.05, 4.69) is 10.4 Å². The van der Waals surface area contributed by atoms with Gasteiger partial charge in [-0.15, -0.1) is 0 Å². The summed E-state index contributed by atoms with van der Waals surface area (Å²) in [6.07, 6.45) is 0. The molecule has 2 aromatic carbocycles. The number of benzene rings is 2. The second-order valence-electron chi connectivity index (χ2n) is 5.12. The van der Waals surface area contributed by atoms with Crippen molar-refractivity contribution in [3.05, 3.63) is 54.1 Å². The highest BCUT2D eigenvalue weighted by Crippen LogP contribution is 2.33. The zero-order chi connectivity index (χ0) is 17.1. The highest BCUT2D eigenvalue weighted by atomic mass is 16.5. The number of pyridine rings is 1. The molecule has 0 radical (unpaired) electrons. The van der Waals surface area contributed by atoms with Crippen molar-refractivity contribution in [2.75, 3.05) is 14.2 Å². The first-order chi connectivity index (χ1) is 11.7. The largest absolute Gasteiger partial charge is 0.493 e. The van der Waals surface area contributed by atoms with Crippen molar-refractivity contribution in [1.29, 1.82) is 0 Å². The third kappa shape index (κ3) is 2.75. The molecule has 0 fully saturated rings. The lowest BCUT2D eigenvalue weighted by Crippen LogP contribution is -2.30. The zero-order valence-corrected chi connectivity index (χ0v) is 13.4. The van der Waals surface area contributed by atoms with E-state index >= 15 is 0 Å². The Bertz CT molecular complexity index is 909. The number of para-hydroxylation sites is 1. The van der Waals surface area contributed by atoms with Gasteiger partial charge in [-0.2, -0.15) is 0 Å². The number of hydrazine groups is 1. The van der Waals surface area contributed by atoms with E-state index < -0.39 is 0 Å². The molecule has 0 bridgehead atoms. The molecular weight excluding hydrogens is 306 g/mol. The fraction of sp³-hybridized carbons (Fsp3) is 0.111. The number of methoxy groups -OCH3 is 2. The molecule has 1 aromatic heterocycles. The number of amides is 1. The van der Waals surface area contributed by atoms with Crippen LogP contribution >= 0.6 is 0 Å². The van der Waals surface area contributed by atoms with Crippen LogP contribution in [0.15, 0.2) is 48.5 Å². The minimum Gasteiger partial charge on any atom is -0.493 e. The van der Waals surface area contributed by atoms with Crippen molar-refractivity contribution < 1.29 is 14.3 Å². The number of nitrogens with zero attached hydrogens (tertiary/aromatic N) is 1. The lowest BCUT2D eigenvalue weighted by atomic mass is 10.0. The molecule has 0 unspecified atom stereocenters. The van der Waals surface area contributed by atoms with Gasteiger partial charge in [-0.05, 0) is 30.3 Å². The van der Waals surface area contributed by atoms with Crippen LogP contribution in [0.25, 0.3) is 22.2 Å². The molecule has 1 amide bonds. The molecule has 0 saturated carbocycles.